The molecular formula is C20H18N2O5S2. The largest absolute Gasteiger partial charge is 0.465 e. The lowest BCUT2D eigenvalue weighted by atomic mass is 10.1. The maximum absolute atomic E-state index is 12.6. The van der Waals surface area contributed by atoms with Crippen molar-refractivity contribution in [2.45, 2.75) is 4.21 Å². The van der Waals surface area contributed by atoms with Crippen LogP contribution in [0.5, 0.6) is 0 Å². The molecule has 3 aromatic rings. The van der Waals surface area contributed by atoms with Crippen molar-refractivity contribution in [1.82, 2.24) is 0 Å². The van der Waals surface area contributed by atoms with Gasteiger partial charge in [-0.2, -0.15) is 0 Å². The maximum atomic E-state index is 12.6. The third kappa shape index (κ3) is 4.47. The van der Waals surface area contributed by atoms with Crippen molar-refractivity contribution in [1.29, 1.82) is 0 Å². The van der Waals surface area contributed by atoms with E-state index in [1.54, 1.807) is 66.0 Å². The molecule has 29 heavy (non-hydrogen) atoms. The van der Waals surface area contributed by atoms with Gasteiger partial charge in [-0.05, 0) is 60.0 Å². The fourth-order valence-electron chi connectivity index (χ4n) is 2.52. The number of sulfonamides is 1. The van der Waals surface area contributed by atoms with Gasteiger partial charge in [0.15, 0.2) is 0 Å². The van der Waals surface area contributed by atoms with Crippen LogP contribution in [0.2, 0.25) is 0 Å². The molecule has 0 saturated heterocycles. The number of amides is 1. The fraction of sp³-hybridized carbons (Fsp3) is 0.100. The molecule has 1 heterocycles. The van der Waals surface area contributed by atoms with Crippen molar-refractivity contribution in [2.75, 3.05) is 23.8 Å². The minimum absolute atomic E-state index is 0.247. The monoisotopic (exact) mass is 430 g/mol. The highest BCUT2D eigenvalue weighted by Gasteiger charge is 2.22. The maximum Gasteiger partial charge on any atom is 0.337 e. The Kier molecular flexibility index (Phi) is 6.00. The molecule has 150 valence electrons. The van der Waals surface area contributed by atoms with Gasteiger partial charge in [-0.25, -0.2) is 13.2 Å². The molecule has 0 saturated carbocycles. The second-order valence-corrected chi connectivity index (χ2v) is 9.12. The van der Waals surface area contributed by atoms with Crippen LogP contribution in [0.3, 0.4) is 0 Å². The van der Waals surface area contributed by atoms with Crippen LogP contribution in [-0.2, 0) is 14.8 Å². The molecule has 0 bridgehead atoms. The minimum atomic E-state index is -3.63. The smallest absolute Gasteiger partial charge is 0.337 e. The zero-order chi connectivity index (χ0) is 21.0. The summed E-state index contributed by atoms with van der Waals surface area (Å²) in [7, 11) is -0.869. The Morgan fingerprint density at radius 2 is 1.59 bits per heavy atom. The van der Waals surface area contributed by atoms with E-state index in [1.807, 2.05) is 0 Å². The van der Waals surface area contributed by atoms with Crippen LogP contribution in [0.1, 0.15) is 20.7 Å². The van der Waals surface area contributed by atoms with Gasteiger partial charge < -0.3 is 10.1 Å². The Balaban J connectivity index is 1.71. The Labute approximate surface area is 172 Å². The lowest BCUT2D eigenvalue weighted by Gasteiger charge is -2.18. The normalized spacial score (nSPS) is 11.0. The molecule has 0 aliphatic carbocycles. The van der Waals surface area contributed by atoms with E-state index in [0.29, 0.717) is 22.5 Å². The Hall–Kier alpha value is -3.17. The third-order valence-corrected chi connectivity index (χ3v) is 7.33. The first-order valence-corrected chi connectivity index (χ1v) is 10.8. The SMILES string of the molecule is COC(=O)c1ccc(NC(=O)c2ccc(N(C)S(=O)(=O)c3cccs3)cc2)cc1. The van der Waals surface area contributed by atoms with Gasteiger partial charge in [-0.1, -0.05) is 6.07 Å². The van der Waals surface area contributed by atoms with E-state index in [1.165, 1.54) is 18.5 Å². The summed E-state index contributed by atoms with van der Waals surface area (Å²) in [4.78, 5) is 23.9. The summed E-state index contributed by atoms with van der Waals surface area (Å²) in [6, 6.07) is 15.8. The summed E-state index contributed by atoms with van der Waals surface area (Å²) in [5.74, 6) is -0.814. The molecule has 7 nitrogen and oxygen atoms in total. The molecule has 0 radical (unpaired) electrons. The van der Waals surface area contributed by atoms with Gasteiger partial charge in [-0.15, -0.1) is 11.3 Å². The first kappa shape index (κ1) is 20.6. The second kappa shape index (κ2) is 8.46. The zero-order valence-electron chi connectivity index (χ0n) is 15.7. The molecule has 1 N–H and O–H groups in total. The van der Waals surface area contributed by atoms with Gasteiger partial charge >= 0.3 is 5.97 Å². The molecule has 0 fully saturated rings. The summed E-state index contributed by atoms with van der Waals surface area (Å²) < 4.78 is 31.2. The van der Waals surface area contributed by atoms with Crippen molar-refractivity contribution >= 4 is 44.6 Å². The summed E-state index contributed by atoms with van der Waals surface area (Å²) in [6.07, 6.45) is 0. The van der Waals surface area contributed by atoms with Crippen LogP contribution >= 0.6 is 11.3 Å². The predicted molar refractivity (Wildman–Crippen MR) is 112 cm³/mol. The lowest BCUT2D eigenvalue weighted by molar-refractivity contribution is 0.0600. The van der Waals surface area contributed by atoms with Gasteiger partial charge in [0.05, 0.1) is 18.4 Å². The summed E-state index contributed by atoms with van der Waals surface area (Å²) in [5.41, 5.74) is 1.71. The van der Waals surface area contributed by atoms with E-state index in [-0.39, 0.29) is 10.1 Å². The molecule has 1 aromatic heterocycles. The number of methoxy groups -OCH3 is 1. The van der Waals surface area contributed by atoms with E-state index in [2.05, 4.69) is 10.1 Å². The van der Waals surface area contributed by atoms with Crippen LogP contribution in [-0.4, -0.2) is 34.5 Å². The number of thiophene rings is 1. The number of esters is 1. The van der Waals surface area contributed by atoms with Gasteiger partial charge in [0.1, 0.15) is 4.21 Å². The molecule has 0 aliphatic rings. The molecule has 0 unspecified atom stereocenters. The number of hydrogen-bond acceptors (Lipinski definition) is 6. The lowest BCUT2D eigenvalue weighted by Crippen LogP contribution is -2.25. The molecule has 0 atom stereocenters. The van der Waals surface area contributed by atoms with E-state index < -0.39 is 16.0 Å². The molecule has 3 rings (SSSR count). The fourth-order valence-corrected chi connectivity index (χ4v) is 4.87. The van der Waals surface area contributed by atoms with Crippen LogP contribution in [0.4, 0.5) is 11.4 Å². The average molecular weight is 431 g/mol. The number of nitrogens with one attached hydrogen (secondary N) is 1. The summed E-state index contributed by atoms with van der Waals surface area (Å²) in [6.45, 7) is 0. The van der Waals surface area contributed by atoms with Gasteiger partial charge in [0.2, 0.25) is 0 Å². The van der Waals surface area contributed by atoms with E-state index >= 15 is 0 Å². The number of benzene rings is 2. The number of nitrogens with zero attached hydrogens (tertiary/aromatic N) is 1. The highest BCUT2D eigenvalue weighted by Crippen LogP contribution is 2.25. The van der Waals surface area contributed by atoms with Crippen LogP contribution < -0.4 is 9.62 Å². The topological polar surface area (TPSA) is 92.8 Å². The van der Waals surface area contributed by atoms with Gasteiger partial charge in [-0.3, -0.25) is 9.10 Å². The quantitative estimate of drug-likeness (QED) is 0.603. The summed E-state index contributed by atoms with van der Waals surface area (Å²) >= 11 is 1.14. The first-order valence-electron chi connectivity index (χ1n) is 8.45. The molecule has 9 heteroatoms. The van der Waals surface area contributed by atoms with E-state index in [4.69, 9.17) is 0 Å². The Bertz CT molecular complexity index is 1110. The van der Waals surface area contributed by atoms with E-state index in [9.17, 15) is 18.0 Å². The number of carbonyl (C=O) groups excluding carboxylic acids is 2. The molecule has 2 aromatic carbocycles. The van der Waals surface area contributed by atoms with Crippen LogP contribution in [0.25, 0.3) is 0 Å². The average Bonchev–Trinajstić information content (AvgIpc) is 3.29. The number of anilines is 2. The first-order chi connectivity index (χ1) is 13.8. The number of ether oxygens (including phenoxy) is 1. The second-order valence-electron chi connectivity index (χ2n) is 5.97. The Morgan fingerprint density at radius 3 is 2.14 bits per heavy atom. The number of rotatable bonds is 6. The van der Waals surface area contributed by atoms with Crippen LogP contribution in [0.15, 0.2) is 70.3 Å². The highest BCUT2D eigenvalue weighted by atomic mass is 32.2. The molecule has 1 amide bonds. The van der Waals surface area contributed by atoms with Crippen molar-refractivity contribution < 1.29 is 22.7 Å². The summed E-state index contributed by atoms with van der Waals surface area (Å²) in [5, 5.41) is 4.42. The van der Waals surface area contributed by atoms with Crippen molar-refractivity contribution in [3.05, 3.63) is 77.2 Å². The minimum Gasteiger partial charge on any atom is -0.465 e. The standard InChI is InChI=1S/C20H18N2O5S2/c1-22(29(25,26)18-4-3-13-28-18)17-11-7-14(8-12-17)19(23)21-16-9-5-15(6-10-16)20(24)27-2/h3-13H,1-2H3,(H,21,23). The molecular weight excluding hydrogens is 412 g/mol. The highest BCUT2D eigenvalue weighted by molar-refractivity contribution is 7.94. The van der Waals surface area contributed by atoms with Crippen molar-refractivity contribution in [3.8, 4) is 0 Å². The predicted octanol–water partition coefficient (Wildman–Crippen LogP) is 3.61. The third-order valence-electron chi connectivity index (χ3n) is 4.17. The van der Waals surface area contributed by atoms with Gasteiger partial charge in [0, 0.05) is 18.3 Å². The Morgan fingerprint density at radius 1 is 0.966 bits per heavy atom. The zero-order valence-corrected chi connectivity index (χ0v) is 17.3. The van der Waals surface area contributed by atoms with Crippen LogP contribution in [0, 0.1) is 0 Å². The van der Waals surface area contributed by atoms with E-state index in [0.717, 1.165) is 11.3 Å². The molecule has 0 spiro atoms. The van der Waals surface area contributed by atoms with Crippen molar-refractivity contribution in [3.63, 3.8) is 0 Å². The molecule has 0 aliphatic heterocycles. The van der Waals surface area contributed by atoms with Crippen molar-refractivity contribution in [2.24, 2.45) is 0 Å². The number of carbonyl (C=O) groups is 2. The number of hydrogen-bond donors (Lipinski definition) is 1. The van der Waals surface area contributed by atoms with Gasteiger partial charge in [0.25, 0.3) is 15.9 Å².